The molecule has 0 saturated carbocycles. The van der Waals surface area contributed by atoms with Gasteiger partial charge in [-0.2, -0.15) is 5.10 Å². The van der Waals surface area contributed by atoms with Crippen molar-refractivity contribution in [3.8, 4) is 5.75 Å². The van der Waals surface area contributed by atoms with Gasteiger partial charge in [-0.15, -0.1) is 11.8 Å². The van der Waals surface area contributed by atoms with Crippen molar-refractivity contribution < 1.29 is 9.53 Å². The van der Waals surface area contributed by atoms with Crippen LogP contribution in [0.3, 0.4) is 0 Å². The number of thioether (sulfide) groups is 1. The summed E-state index contributed by atoms with van der Waals surface area (Å²) in [5.74, 6) is 1.17. The minimum absolute atomic E-state index is 0.0354. The Balaban J connectivity index is 1.54. The Labute approximate surface area is 138 Å². The molecule has 2 N–H and O–H groups in total. The number of carbonyl (C=O) groups is 1. The SMILES string of the molecule is CCOc1ccc(SCC(=O)Nc2ccc3[nH]ncc3c2)cc1. The van der Waals surface area contributed by atoms with Crippen LogP contribution in [-0.4, -0.2) is 28.5 Å². The average Bonchev–Trinajstić information content (AvgIpc) is 3.02. The van der Waals surface area contributed by atoms with Gasteiger partial charge < -0.3 is 10.1 Å². The zero-order chi connectivity index (χ0) is 16.1. The lowest BCUT2D eigenvalue weighted by Gasteiger charge is -2.06. The maximum Gasteiger partial charge on any atom is 0.234 e. The normalized spacial score (nSPS) is 10.7. The highest BCUT2D eigenvalue weighted by Crippen LogP contribution is 2.22. The largest absolute Gasteiger partial charge is 0.494 e. The maximum atomic E-state index is 12.0. The van der Waals surface area contributed by atoms with Gasteiger partial charge in [0.1, 0.15) is 5.75 Å². The van der Waals surface area contributed by atoms with Crippen molar-refractivity contribution in [3.63, 3.8) is 0 Å². The molecule has 0 aliphatic rings. The number of hydrogen-bond acceptors (Lipinski definition) is 4. The van der Waals surface area contributed by atoms with Crippen LogP contribution in [-0.2, 0) is 4.79 Å². The van der Waals surface area contributed by atoms with E-state index in [-0.39, 0.29) is 5.91 Å². The molecule has 3 aromatic rings. The number of aromatic amines is 1. The topological polar surface area (TPSA) is 67.0 Å². The van der Waals surface area contributed by atoms with Gasteiger partial charge in [-0.3, -0.25) is 9.89 Å². The fourth-order valence-electron chi connectivity index (χ4n) is 2.17. The Morgan fingerprint density at radius 2 is 2.09 bits per heavy atom. The van der Waals surface area contributed by atoms with Crippen molar-refractivity contribution in [2.24, 2.45) is 0 Å². The number of anilines is 1. The summed E-state index contributed by atoms with van der Waals surface area (Å²) in [6.45, 7) is 2.60. The summed E-state index contributed by atoms with van der Waals surface area (Å²) < 4.78 is 5.40. The van der Waals surface area contributed by atoms with Crippen LogP contribution in [0.2, 0.25) is 0 Å². The van der Waals surface area contributed by atoms with Crippen LogP contribution in [0, 0.1) is 0 Å². The van der Waals surface area contributed by atoms with Gasteiger partial charge in [-0.25, -0.2) is 0 Å². The van der Waals surface area contributed by atoms with E-state index in [0.717, 1.165) is 27.2 Å². The minimum atomic E-state index is -0.0354. The number of amides is 1. The van der Waals surface area contributed by atoms with Gasteiger partial charge in [0.2, 0.25) is 5.91 Å². The summed E-state index contributed by atoms with van der Waals surface area (Å²) in [5.41, 5.74) is 1.72. The maximum absolute atomic E-state index is 12.0. The van der Waals surface area contributed by atoms with E-state index in [0.29, 0.717) is 12.4 Å². The smallest absolute Gasteiger partial charge is 0.234 e. The molecular formula is C17H17N3O2S. The van der Waals surface area contributed by atoms with Gasteiger partial charge in [-0.05, 0) is 49.4 Å². The average molecular weight is 327 g/mol. The number of hydrogen-bond donors (Lipinski definition) is 2. The predicted octanol–water partition coefficient (Wildman–Crippen LogP) is 3.69. The molecule has 3 rings (SSSR count). The van der Waals surface area contributed by atoms with Gasteiger partial charge in [0, 0.05) is 16.0 Å². The van der Waals surface area contributed by atoms with Crippen LogP contribution in [0.25, 0.3) is 10.9 Å². The molecule has 0 radical (unpaired) electrons. The summed E-state index contributed by atoms with van der Waals surface area (Å²) in [5, 5.41) is 10.7. The van der Waals surface area contributed by atoms with Crippen molar-refractivity contribution in [2.45, 2.75) is 11.8 Å². The molecule has 6 heteroatoms. The van der Waals surface area contributed by atoms with Crippen LogP contribution in [0.15, 0.2) is 53.6 Å². The van der Waals surface area contributed by atoms with Gasteiger partial charge in [0.15, 0.2) is 0 Å². The molecule has 0 bridgehead atoms. The summed E-state index contributed by atoms with van der Waals surface area (Å²) in [6, 6.07) is 13.4. The van der Waals surface area contributed by atoms with Crippen LogP contribution in [0.4, 0.5) is 5.69 Å². The van der Waals surface area contributed by atoms with Crippen LogP contribution in [0.1, 0.15) is 6.92 Å². The number of aromatic nitrogens is 2. The molecule has 1 amide bonds. The minimum Gasteiger partial charge on any atom is -0.494 e. The quantitative estimate of drug-likeness (QED) is 0.678. The van der Waals surface area contributed by atoms with Crippen molar-refractivity contribution in [1.82, 2.24) is 10.2 Å². The predicted molar refractivity (Wildman–Crippen MR) is 93.1 cm³/mol. The Morgan fingerprint density at radius 3 is 2.87 bits per heavy atom. The number of nitrogens with one attached hydrogen (secondary N) is 2. The van der Waals surface area contributed by atoms with Gasteiger partial charge in [-0.1, -0.05) is 0 Å². The highest BCUT2D eigenvalue weighted by atomic mass is 32.2. The Kier molecular flexibility index (Phi) is 4.83. The Bertz CT molecular complexity index is 799. The number of benzene rings is 2. The molecule has 2 aromatic carbocycles. The first-order valence-corrected chi connectivity index (χ1v) is 8.32. The Hall–Kier alpha value is -2.47. The second-order valence-electron chi connectivity index (χ2n) is 4.91. The van der Waals surface area contributed by atoms with E-state index in [1.54, 1.807) is 6.20 Å². The number of H-pyrrole nitrogens is 1. The van der Waals surface area contributed by atoms with Gasteiger partial charge in [0.05, 0.1) is 24.1 Å². The molecule has 0 atom stereocenters. The fourth-order valence-corrected chi connectivity index (χ4v) is 2.86. The fraction of sp³-hybridized carbons (Fsp3) is 0.176. The van der Waals surface area contributed by atoms with E-state index in [9.17, 15) is 4.79 Å². The highest BCUT2D eigenvalue weighted by Gasteiger charge is 2.05. The Morgan fingerprint density at radius 1 is 1.26 bits per heavy atom. The van der Waals surface area contributed by atoms with Crippen molar-refractivity contribution in [2.75, 3.05) is 17.7 Å². The summed E-state index contributed by atoms with van der Waals surface area (Å²) in [6.07, 6.45) is 1.74. The number of fused-ring (bicyclic) bond motifs is 1. The molecule has 118 valence electrons. The van der Waals surface area contributed by atoms with Crippen LogP contribution < -0.4 is 10.1 Å². The van der Waals surface area contributed by atoms with E-state index in [1.807, 2.05) is 49.4 Å². The molecule has 0 spiro atoms. The molecule has 0 unspecified atom stereocenters. The number of rotatable bonds is 6. The molecule has 1 aromatic heterocycles. The molecule has 0 aliphatic heterocycles. The molecule has 23 heavy (non-hydrogen) atoms. The van der Waals surface area contributed by atoms with Crippen molar-refractivity contribution in [1.29, 1.82) is 0 Å². The van der Waals surface area contributed by atoms with E-state index < -0.39 is 0 Å². The molecule has 0 aliphatic carbocycles. The van der Waals surface area contributed by atoms with E-state index in [2.05, 4.69) is 15.5 Å². The molecule has 0 saturated heterocycles. The van der Waals surface area contributed by atoms with E-state index in [4.69, 9.17) is 4.74 Å². The third kappa shape index (κ3) is 4.04. The van der Waals surface area contributed by atoms with Gasteiger partial charge in [0.25, 0.3) is 0 Å². The third-order valence-electron chi connectivity index (χ3n) is 3.23. The zero-order valence-electron chi connectivity index (χ0n) is 12.7. The third-order valence-corrected chi connectivity index (χ3v) is 4.24. The molecular weight excluding hydrogens is 310 g/mol. The molecule has 5 nitrogen and oxygen atoms in total. The summed E-state index contributed by atoms with van der Waals surface area (Å²) >= 11 is 1.49. The monoisotopic (exact) mass is 327 g/mol. The standard InChI is InChI=1S/C17H17N3O2S/c1-2-22-14-4-6-15(7-5-14)23-11-17(21)19-13-3-8-16-12(9-13)10-18-20-16/h3-10H,2,11H2,1H3,(H,18,20)(H,19,21). The summed E-state index contributed by atoms with van der Waals surface area (Å²) in [4.78, 5) is 13.1. The number of nitrogens with zero attached hydrogens (tertiary/aromatic N) is 1. The summed E-state index contributed by atoms with van der Waals surface area (Å²) in [7, 11) is 0. The first-order chi connectivity index (χ1) is 11.2. The van der Waals surface area contributed by atoms with Crippen molar-refractivity contribution in [3.05, 3.63) is 48.7 Å². The second-order valence-corrected chi connectivity index (χ2v) is 5.96. The lowest BCUT2D eigenvalue weighted by molar-refractivity contribution is -0.113. The number of carbonyl (C=O) groups excluding carboxylic acids is 1. The lowest BCUT2D eigenvalue weighted by Crippen LogP contribution is -2.13. The van der Waals surface area contributed by atoms with Crippen molar-refractivity contribution >= 4 is 34.3 Å². The molecule has 0 fully saturated rings. The highest BCUT2D eigenvalue weighted by molar-refractivity contribution is 8.00. The van der Waals surface area contributed by atoms with E-state index >= 15 is 0 Å². The zero-order valence-corrected chi connectivity index (χ0v) is 13.5. The second kappa shape index (κ2) is 7.19. The first-order valence-electron chi connectivity index (χ1n) is 7.33. The van der Waals surface area contributed by atoms with Gasteiger partial charge >= 0.3 is 0 Å². The number of ether oxygens (including phenoxy) is 1. The van der Waals surface area contributed by atoms with Crippen LogP contribution >= 0.6 is 11.8 Å². The lowest BCUT2D eigenvalue weighted by atomic mass is 10.2. The first kappa shape index (κ1) is 15.4. The van der Waals surface area contributed by atoms with E-state index in [1.165, 1.54) is 11.8 Å². The molecule has 1 heterocycles. The van der Waals surface area contributed by atoms with Crippen LogP contribution in [0.5, 0.6) is 5.75 Å².